The van der Waals surface area contributed by atoms with Crippen LogP contribution >= 0.6 is 0 Å². The summed E-state index contributed by atoms with van der Waals surface area (Å²) < 4.78 is 11.2. The van der Waals surface area contributed by atoms with Crippen molar-refractivity contribution in [3.05, 3.63) is 0 Å². The van der Waals surface area contributed by atoms with Gasteiger partial charge in [-0.25, -0.2) is 0 Å². The first-order valence-corrected chi connectivity index (χ1v) is 13.3. The Hall–Kier alpha value is -1.06. The summed E-state index contributed by atoms with van der Waals surface area (Å²) in [5.41, 5.74) is 0. The largest absolute Gasteiger partial charge is 0.465 e. The second kappa shape index (κ2) is 17.5. The molecule has 1 aliphatic rings. The van der Waals surface area contributed by atoms with Crippen molar-refractivity contribution in [2.75, 3.05) is 13.2 Å². The van der Waals surface area contributed by atoms with Crippen molar-refractivity contribution in [1.82, 2.24) is 0 Å². The van der Waals surface area contributed by atoms with Gasteiger partial charge in [-0.3, -0.25) is 9.59 Å². The van der Waals surface area contributed by atoms with Crippen LogP contribution in [0.1, 0.15) is 124 Å². The Kier molecular flexibility index (Phi) is 15.8. The Morgan fingerprint density at radius 2 is 1.35 bits per heavy atom. The van der Waals surface area contributed by atoms with E-state index in [1.807, 2.05) is 0 Å². The van der Waals surface area contributed by atoms with E-state index in [1.54, 1.807) is 0 Å². The quantitative estimate of drug-likeness (QED) is 0.174. The van der Waals surface area contributed by atoms with Crippen LogP contribution in [0.15, 0.2) is 0 Å². The van der Waals surface area contributed by atoms with Gasteiger partial charge in [0.2, 0.25) is 0 Å². The zero-order valence-corrected chi connectivity index (χ0v) is 21.0. The first kappa shape index (κ1) is 28.0. The Morgan fingerprint density at radius 1 is 0.774 bits per heavy atom. The molecule has 1 rings (SSSR count). The first-order valence-electron chi connectivity index (χ1n) is 13.3. The zero-order chi connectivity index (χ0) is 22.9. The molecule has 31 heavy (non-hydrogen) atoms. The van der Waals surface area contributed by atoms with Crippen LogP contribution in [-0.2, 0) is 19.1 Å². The normalized spacial score (nSPS) is 19.9. The van der Waals surface area contributed by atoms with Crippen LogP contribution in [0, 0.1) is 23.7 Å². The van der Waals surface area contributed by atoms with Crippen molar-refractivity contribution in [2.24, 2.45) is 23.7 Å². The van der Waals surface area contributed by atoms with Gasteiger partial charge in [-0.2, -0.15) is 0 Å². The molecule has 3 unspecified atom stereocenters. The van der Waals surface area contributed by atoms with Crippen LogP contribution in [0.5, 0.6) is 0 Å². The summed E-state index contributed by atoms with van der Waals surface area (Å²) in [6.07, 6.45) is 16.4. The lowest BCUT2D eigenvalue weighted by Gasteiger charge is -2.29. The number of hydrogen-bond acceptors (Lipinski definition) is 4. The smallest absolute Gasteiger partial charge is 0.309 e. The molecule has 182 valence electrons. The molecule has 0 amide bonds. The van der Waals surface area contributed by atoms with Crippen LogP contribution in [0.2, 0.25) is 0 Å². The molecule has 0 bridgehead atoms. The van der Waals surface area contributed by atoms with Gasteiger partial charge in [0, 0.05) is 0 Å². The van der Waals surface area contributed by atoms with Gasteiger partial charge in [0.1, 0.15) is 0 Å². The zero-order valence-electron chi connectivity index (χ0n) is 21.0. The summed E-state index contributed by atoms with van der Waals surface area (Å²) >= 11 is 0. The van der Waals surface area contributed by atoms with E-state index < -0.39 is 0 Å². The molecule has 0 aliphatic heterocycles. The van der Waals surface area contributed by atoms with E-state index in [0.29, 0.717) is 19.1 Å². The number of hydrogen-bond donors (Lipinski definition) is 0. The van der Waals surface area contributed by atoms with Gasteiger partial charge in [-0.05, 0) is 37.5 Å². The fraction of sp³-hybridized carbons (Fsp3) is 0.926. The van der Waals surface area contributed by atoms with Crippen LogP contribution in [0.4, 0.5) is 0 Å². The third-order valence-corrected chi connectivity index (χ3v) is 6.80. The van der Waals surface area contributed by atoms with Gasteiger partial charge in [0.05, 0.1) is 25.0 Å². The van der Waals surface area contributed by atoms with Crippen LogP contribution in [0.3, 0.4) is 0 Å². The second-order valence-electron chi connectivity index (χ2n) is 10.0. The van der Waals surface area contributed by atoms with Crippen LogP contribution < -0.4 is 0 Å². The third kappa shape index (κ3) is 12.5. The second-order valence-corrected chi connectivity index (χ2v) is 10.0. The highest BCUT2D eigenvalue weighted by molar-refractivity contribution is 5.82. The van der Waals surface area contributed by atoms with Gasteiger partial charge >= 0.3 is 11.9 Å². The Bertz CT molecular complexity index is 474. The van der Waals surface area contributed by atoms with Crippen molar-refractivity contribution in [3.8, 4) is 0 Å². The van der Waals surface area contributed by atoms with Crippen molar-refractivity contribution >= 4 is 11.9 Å². The molecule has 0 aromatic heterocycles. The fourth-order valence-corrected chi connectivity index (χ4v) is 4.54. The number of carbonyl (C=O) groups excluding carboxylic acids is 2. The van der Waals surface area contributed by atoms with Gasteiger partial charge < -0.3 is 9.47 Å². The number of carbonyl (C=O) groups is 2. The Balaban J connectivity index is 2.28. The third-order valence-electron chi connectivity index (χ3n) is 6.80. The average Bonchev–Trinajstić information content (AvgIpc) is 2.77. The molecule has 0 spiro atoms. The van der Waals surface area contributed by atoms with Gasteiger partial charge in [0.25, 0.3) is 0 Å². The SMILES string of the molecule is CCCCC(CC)COC(=O)C1CCCCC1C(=O)OCCCCCCCCC(C)C. The van der Waals surface area contributed by atoms with Gasteiger partial charge in [-0.1, -0.05) is 98.3 Å². The molecule has 4 heteroatoms. The maximum absolute atomic E-state index is 12.7. The molecule has 0 aromatic rings. The summed E-state index contributed by atoms with van der Waals surface area (Å²) in [5.74, 6) is 0.242. The molecule has 4 nitrogen and oxygen atoms in total. The lowest BCUT2D eigenvalue weighted by molar-refractivity contribution is -0.163. The molecule has 0 heterocycles. The molecule has 0 saturated heterocycles. The van der Waals surface area contributed by atoms with Crippen LogP contribution in [0.25, 0.3) is 0 Å². The lowest BCUT2D eigenvalue weighted by Crippen LogP contribution is -2.35. The monoisotopic (exact) mass is 438 g/mol. The minimum atomic E-state index is -0.314. The summed E-state index contributed by atoms with van der Waals surface area (Å²) in [6.45, 7) is 9.87. The predicted octanol–water partition coefficient (Wildman–Crippen LogP) is 7.48. The molecule has 1 saturated carbocycles. The van der Waals surface area contributed by atoms with Crippen molar-refractivity contribution in [3.63, 3.8) is 0 Å². The first-order chi connectivity index (χ1) is 15.0. The number of unbranched alkanes of at least 4 members (excludes halogenated alkanes) is 6. The highest BCUT2D eigenvalue weighted by atomic mass is 16.5. The van der Waals surface area contributed by atoms with Crippen molar-refractivity contribution in [1.29, 1.82) is 0 Å². The van der Waals surface area contributed by atoms with E-state index in [0.717, 1.165) is 57.3 Å². The van der Waals surface area contributed by atoms with Crippen molar-refractivity contribution in [2.45, 2.75) is 124 Å². The number of esters is 2. The number of rotatable bonds is 17. The summed E-state index contributed by atoms with van der Waals surface area (Å²) in [7, 11) is 0. The van der Waals surface area contributed by atoms with E-state index in [-0.39, 0.29) is 23.8 Å². The molecular formula is C27H50O4. The molecule has 3 atom stereocenters. The number of ether oxygens (including phenoxy) is 2. The lowest BCUT2D eigenvalue weighted by atomic mass is 9.79. The van der Waals surface area contributed by atoms with E-state index in [1.165, 1.54) is 44.9 Å². The molecular weight excluding hydrogens is 388 g/mol. The van der Waals surface area contributed by atoms with E-state index in [4.69, 9.17) is 9.47 Å². The van der Waals surface area contributed by atoms with E-state index in [2.05, 4.69) is 27.7 Å². The minimum Gasteiger partial charge on any atom is -0.465 e. The minimum absolute atomic E-state index is 0.182. The summed E-state index contributed by atoms with van der Waals surface area (Å²) in [5, 5.41) is 0. The molecule has 0 aromatic carbocycles. The summed E-state index contributed by atoms with van der Waals surface area (Å²) in [4.78, 5) is 25.4. The van der Waals surface area contributed by atoms with Gasteiger partial charge in [-0.15, -0.1) is 0 Å². The Labute approximate surface area is 192 Å². The maximum Gasteiger partial charge on any atom is 0.309 e. The molecule has 1 fully saturated rings. The predicted molar refractivity (Wildman–Crippen MR) is 128 cm³/mol. The fourth-order valence-electron chi connectivity index (χ4n) is 4.54. The molecule has 1 aliphatic carbocycles. The molecule has 0 radical (unpaired) electrons. The van der Waals surface area contributed by atoms with Crippen molar-refractivity contribution < 1.29 is 19.1 Å². The maximum atomic E-state index is 12.7. The Morgan fingerprint density at radius 3 is 1.94 bits per heavy atom. The summed E-state index contributed by atoms with van der Waals surface area (Å²) in [6, 6.07) is 0. The molecule has 0 N–H and O–H groups in total. The average molecular weight is 439 g/mol. The van der Waals surface area contributed by atoms with E-state index >= 15 is 0 Å². The van der Waals surface area contributed by atoms with Crippen LogP contribution in [-0.4, -0.2) is 25.2 Å². The van der Waals surface area contributed by atoms with E-state index in [9.17, 15) is 9.59 Å². The highest BCUT2D eigenvalue weighted by Crippen LogP contribution is 2.32. The van der Waals surface area contributed by atoms with Gasteiger partial charge in [0.15, 0.2) is 0 Å². The topological polar surface area (TPSA) is 52.6 Å². The highest BCUT2D eigenvalue weighted by Gasteiger charge is 2.38. The standard InChI is InChI=1S/C27H50O4/c1-5-7-17-23(6-2)21-31-27(29)25-19-14-13-18-24(25)26(28)30-20-15-11-9-8-10-12-16-22(3)4/h22-25H,5-21H2,1-4H3.